The molecule has 4 nitrogen and oxygen atoms in total. The number of nitrogen functional groups attached to an aromatic ring is 1. The predicted molar refractivity (Wildman–Crippen MR) is 93.0 cm³/mol. The van der Waals surface area contributed by atoms with Gasteiger partial charge in [0.25, 0.3) is 5.91 Å². The van der Waals surface area contributed by atoms with Gasteiger partial charge in [-0.05, 0) is 55.3 Å². The van der Waals surface area contributed by atoms with E-state index in [2.05, 4.69) is 10.6 Å². The van der Waals surface area contributed by atoms with Crippen LogP contribution in [0.4, 0.5) is 17.1 Å². The van der Waals surface area contributed by atoms with Crippen molar-refractivity contribution in [1.82, 2.24) is 5.32 Å². The van der Waals surface area contributed by atoms with Gasteiger partial charge < -0.3 is 16.4 Å². The Morgan fingerprint density at radius 3 is 2.59 bits per heavy atom. The van der Waals surface area contributed by atoms with Crippen LogP contribution in [0.2, 0.25) is 5.02 Å². The molecular formula is C17H20ClN3O. The minimum Gasteiger partial charge on any atom is -0.399 e. The van der Waals surface area contributed by atoms with Crippen molar-refractivity contribution in [2.75, 3.05) is 17.6 Å². The lowest BCUT2D eigenvalue weighted by Crippen LogP contribution is -2.25. The van der Waals surface area contributed by atoms with Crippen LogP contribution in [0.1, 0.15) is 29.3 Å². The van der Waals surface area contributed by atoms with Crippen molar-refractivity contribution in [2.45, 2.75) is 20.3 Å². The van der Waals surface area contributed by atoms with Crippen LogP contribution in [0, 0.1) is 6.92 Å². The van der Waals surface area contributed by atoms with Gasteiger partial charge in [-0.15, -0.1) is 0 Å². The van der Waals surface area contributed by atoms with Crippen molar-refractivity contribution in [3.8, 4) is 0 Å². The molecule has 0 unspecified atom stereocenters. The van der Waals surface area contributed by atoms with E-state index < -0.39 is 0 Å². The van der Waals surface area contributed by atoms with Gasteiger partial charge in [-0.2, -0.15) is 0 Å². The summed E-state index contributed by atoms with van der Waals surface area (Å²) >= 11 is 5.97. The molecule has 2 aromatic rings. The number of hydrogen-bond donors (Lipinski definition) is 3. The molecule has 0 saturated carbocycles. The molecule has 5 heteroatoms. The molecule has 0 aliphatic carbocycles. The predicted octanol–water partition coefficient (Wildman–Crippen LogP) is 4.11. The first-order chi connectivity index (χ1) is 10.5. The van der Waals surface area contributed by atoms with Gasteiger partial charge in [-0.3, -0.25) is 4.79 Å². The lowest BCUT2D eigenvalue weighted by Gasteiger charge is -2.14. The van der Waals surface area contributed by atoms with Crippen molar-refractivity contribution in [2.24, 2.45) is 0 Å². The van der Waals surface area contributed by atoms with Gasteiger partial charge in [0.15, 0.2) is 0 Å². The van der Waals surface area contributed by atoms with E-state index in [9.17, 15) is 4.79 Å². The van der Waals surface area contributed by atoms with Gasteiger partial charge in [-0.1, -0.05) is 18.5 Å². The second kappa shape index (κ2) is 7.18. The minimum atomic E-state index is -0.136. The van der Waals surface area contributed by atoms with Crippen LogP contribution < -0.4 is 16.4 Å². The van der Waals surface area contributed by atoms with Gasteiger partial charge >= 0.3 is 0 Å². The van der Waals surface area contributed by atoms with E-state index in [1.807, 2.05) is 38.1 Å². The van der Waals surface area contributed by atoms with Crippen LogP contribution in [-0.4, -0.2) is 12.5 Å². The van der Waals surface area contributed by atoms with E-state index in [0.717, 1.165) is 17.7 Å². The molecule has 0 radical (unpaired) electrons. The highest BCUT2D eigenvalue weighted by molar-refractivity contribution is 6.30. The van der Waals surface area contributed by atoms with Gasteiger partial charge in [0.05, 0.1) is 11.3 Å². The van der Waals surface area contributed by atoms with Crippen LogP contribution in [0.3, 0.4) is 0 Å². The molecule has 0 saturated heterocycles. The van der Waals surface area contributed by atoms with E-state index in [0.29, 0.717) is 28.5 Å². The van der Waals surface area contributed by atoms with Gasteiger partial charge in [0, 0.05) is 22.9 Å². The maximum Gasteiger partial charge on any atom is 0.253 e. The van der Waals surface area contributed by atoms with Gasteiger partial charge in [0.1, 0.15) is 0 Å². The summed E-state index contributed by atoms with van der Waals surface area (Å²) in [7, 11) is 0. The summed E-state index contributed by atoms with van der Waals surface area (Å²) < 4.78 is 0. The average molecular weight is 318 g/mol. The number of benzene rings is 2. The highest BCUT2D eigenvalue weighted by atomic mass is 35.5. The Balaban J connectivity index is 2.32. The van der Waals surface area contributed by atoms with Crippen LogP contribution in [0.5, 0.6) is 0 Å². The fraction of sp³-hybridized carbons (Fsp3) is 0.235. The van der Waals surface area contributed by atoms with E-state index in [1.54, 1.807) is 12.1 Å². The molecule has 116 valence electrons. The van der Waals surface area contributed by atoms with Crippen LogP contribution in [0.15, 0.2) is 36.4 Å². The zero-order chi connectivity index (χ0) is 16.1. The van der Waals surface area contributed by atoms with Gasteiger partial charge in [-0.25, -0.2) is 0 Å². The Bertz CT molecular complexity index is 686. The third-order valence-electron chi connectivity index (χ3n) is 3.28. The fourth-order valence-corrected chi connectivity index (χ4v) is 2.33. The highest BCUT2D eigenvalue weighted by Gasteiger charge is 2.12. The lowest BCUT2D eigenvalue weighted by molar-refractivity contribution is 0.0954. The molecule has 22 heavy (non-hydrogen) atoms. The SMILES string of the molecule is CCCNC(=O)c1cc(N)ccc1Nc1ccc(Cl)cc1C. The van der Waals surface area contributed by atoms with Crippen molar-refractivity contribution in [3.63, 3.8) is 0 Å². The van der Waals surface area contributed by atoms with Crippen LogP contribution in [0.25, 0.3) is 0 Å². The number of nitrogens with two attached hydrogens (primary N) is 1. The number of carbonyl (C=O) groups is 1. The molecule has 4 N–H and O–H groups in total. The fourth-order valence-electron chi connectivity index (χ4n) is 2.10. The number of rotatable bonds is 5. The third-order valence-corrected chi connectivity index (χ3v) is 3.52. The van der Waals surface area contributed by atoms with Crippen molar-refractivity contribution >= 4 is 34.6 Å². The third kappa shape index (κ3) is 3.92. The Hall–Kier alpha value is -2.20. The standard InChI is InChI=1S/C17H20ClN3O/c1-3-8-20-17(22)14-10-13(19)5-7-16(14)21-15-6-4-12(18)9-11(15)2/h4-7,9-10,21H,3,8,19H2,1-2H3,(H,20,22). The molecule has 0 aliphatic heterocycles. The van der Waals surface area contributed by atoms with Gasteiger partial charge in [0.2, 0.25) is 0 Å². The monoisotopic (exact) mass is 317 g/mol. The van der Waals surface area contributed by atoms with E-state index in [4.69, 9.17) is 17.3 Å². The largest absolute Gasteiger partial charge is 0.399 e. The zero-order valence-corrected chi connectivity index (χ0v) is 13.5. The summed E-state index contributed by atoms with van der Waals surface area (Å²) in [5, 5.41) is 6.83. The molecule has 0 atom stereocenters. The summed E-state index contributed by atoms with van der Waals surface area (Å²) in [4.78, 5) is 12.3. The quantitative estimate of drug-likeness (QED) is 0.727. The smallest absolute Gasteiger partial charge is 0.253 e. The average Bonchev–Trinajstić information content (AvgIpc) is 2.49. The second-order valence-electron chi connectivity index (χ2n) is 5.15. The van der Waals surface area contributed by atoms with E-state index >= 15 is 0 Å². The molecule has 1 amide bonds. The summed E-state index contributed by atoms with van der Waals surface area (Å²) in [6.45, 7) is 4.60. The molecular weight excluding hydrogens is 298 g/mol. The summed E-state index contributed by atoms with van der Waals surface area (Å²) in [5.41, 5.74) is 9.52. The van der Waals surface area contributed by atoms with Crippen molar-refractivity contribution in [1.29, 1.82) is 0 Å². The first kappa shape index (κ1) is 16.2. The molecule has 0 aliphatic rings. The molecule has 0 heterocycles. The zero-order valence-electron chi connectivity index (χ0n) is 12.7. The lowest BCUT2D eigenvalue weighted by atomic mass is 10.1. The summed E-state index contributed by atoms with van der Waals surface area (Å²) in [6.07, 6.45) is 0.882. The molecule has 2 aromatic carbocycles. The summed E-state index contributed by atoms with van der Waals surface area (Å²) in [5.74, 6) is -0.136. The minimum absolute atomic E-state index is 0.136. The van der Waals surface area contributed by atoms with Crippen LogP contribution >= 0.6 is 11.6 Å². The number of halogens is 1. The normalized spacial score (nSPS) is 10.3. The topological polar surface area (TPSA) is 67.2 Å². The molecule has 0 aromatic heterocycles. The number of nitrogens with one attached hydrogen (secondary N) is 2. The molecule has 0 fully saturated rings. The number of carbonyl (C=O) groups excluding carboxylic acids is 1. The Kier molecular flexibility index (Phi) is 5.28. The Morgan fingerprint density at radius 1 is 1.18 bits per heavy atom. The Morgan fingerprint density at radius 2 is 1.91 bits per heavy atom. The molecule has 2 rings (SSSR count). The number of anilines is 3. The summed E-state index contributed by atoms with van der Waals surface area (Å²) in [6, 6.07) is 10.8. The maximum atomic E-state index is 12.3. The number of aryl methyl sites for hydroxylation is 1. The first-order valence-electron chi connectivity index (χ1n) is 7.22. The maximum absolute atomic E-state index is 12.3. The second-order valence-corrected chi connectivity index (χ2v) is 5.58. The van der Waals surface area contributed by atoms with E-state index in [1.165, 1.54) is 0 Å². The number of amides is 1. The first-order valence-corrected chi connectivity index (χ1v) is 7.60. The Labute approximate surface area is 135 Å². The molecule has 0 bridgehead atoms. The molecule has 0 spiro atoms. The van der Waals surface area contributed by atoms with Crippen molar-refractivity contribution in [3.05, 3.63) is 52.5 Å². The number of hydrogen-bond acceptors (Lipinski definition) is 3. The van der Waals surface area contributed by atoms with E-state index in [-0.39, 0.29) is 5.91 Å². The van der Waals surface area contributed by atoms with Crippen molar-refractivity contribution < 1.29 is 4.79 Å². The van der Waals surface area contributed by atoms with Crippen LogP contribution in [-0.2, 0) is 0 Å². The highest BCUT2D eigenvalue weighted by Crippen LogP contribution is 2.27.